The van der Waals surface area contributed by atoms with Crippen molar-refractivity contribution in [2.75, 3.05) is 7.11 Å². The van der Waals surface area contributed by atoms with Crippen LogP contribution in [0.2, 0.25) is 5.02 Å². The van der Waals surface area contributed by atoms with Gasteiger partial charge in [0.1, 0.15) is 11.5 Å². The van der Waals surface area contributed by atoms with Gasteiger partial charge in [-0.15, -0.1) is 0 Å². The SMILES string of the molecule is COc1ccc2c(c1)C(=O)/C(=C\c1cccc(Cl)c1)O2. The lowest BCUT2D eigenvalue weighted by Crippen LogP contribution is -1.98. The number of halogens is 1. The number of ether oxygens (including phenoxy) is 2. The summed E-state index contributed by atoms with van der Waals surface area (Å²) in [4.78, 5) is 12.3. The maximum absolute atomic E-state index is 12.3. The third-order valence-electron chi connectivity index (χ3n) is 3.02. The molecule has 100 valence electrons. The largest absolute Gasteiger partial charge is 0.497 e. The summed E-state index contributed by atoms with van der Waals surface area (Å²) in [5.74, 6) is 1.31. The average Bonchev–Trinajstić information content (AvgIpc) is 2.75. The van der Waals surface area contributed by atoms with Gasteiger partial charge in [0.25, 0.3) is 0 Å². The van der Waals surface area contributed by atoms with Gasteiger partial charge in [-0.1, -0.05) is 23.7 Å². The second-order valence-corrected chi connectivity index (χ2v) is 4.79. The van der Waals surface area contributed by atoms with Gasteiger partial charge < -0.3 is 9.47 Å². The van der Waals surface area contributed by atoms with Gasteiger partial charge in [0.05, 0.1) is 12.7 Å². The summed E-state index contributed by atoms with van der Waals surface area (Å²) in [6.45, 7) is 0. The Kier molecular flexibility index (Phi) is 3.20. The van der Waals surface area contributed by atoms with Crippen LogP contribution in [0.3, 0.4) is 0 Å². The van der Waals surface area contributed by atoms with Crippen molar-refractivity contribution in [3.8, 4) is 11.5 Å². The van der Waals surface area contributed by atoms with Crippen LogP contribution in [0, 0.1) is 0 Å². The van der Waals surface area contributed by atoms with Gasteiger partial charge in [-0.05, 0) is 42.0 Å². The van der Waals surface area contributed by atoms with Gasteiger partial charge in [-0.2, -0.15) is 0 Å². The molecule has 0 spiro atoms. The lowest BCUT2D eigenvalue weighted by molar-refractivity contribution is 0.101. The van der Waals surface area contributed by atoms with E-state index in [1.807, 2.05) is 12.1 Å². The van der Waals surface area contributed by atoms with Crippen molar-refractivity contribution in [3.05, 3.63) is 64.4 Å². The minimum absolute atomic E-state index is 0.154. The van der Waals surface area contributed by atoms with Crippen molar-refractivity contribution < 1.29 is 14.3 Å². The van der Waals surface area contributed by atoms with E-state index in [0.29, 0.717) is 22.1 Å². The monoisotopic (exact) mass is 286 g/mol. The van der Waals surface area contributed by atoms with Crippen LogP contribution in [-0.4, -0.2) is 12.9 Å². The molecule has 1 heterocycles. The van der Waals surface area contributed by atoms with E-state index in [1.54, 1.807) is 43.5 Å². The Morgan fingerprint density at radius 3 is 2.80 bits per heavy atom. The third kappa shape index (κ3) is 2.28. The standard InChI is InChI=1S/C16H11ClO3/c1-19-12-5-6-14-13(9-12)16(18)15(20-14)8-10-3-2-4-11(17)7-10/h2-9H,1H3/b15-8+. The molecule has 1 aliphatic rings. The van der Waals surface area contributed by atoms with E-state index in [-0.39, 0.29) is 11.5 Å². The molecule has 1 aliphatic heterocycles. The predicted octanol–water partition coefficient (Wildman–Crippen LogP) is 3.96. The fraction of sp³-hybridized carbons (Fsp3) is 0.0625. The lowest BCUT2D eigenvalue weighted by atomic mass is 10.1. The minimum atomic E-state index is -0.154. The molecule has 0 aromatic heterocycles. The summed E-state index contributed by atoms with van der Waals surface area (Å²) in [6.07, 6.45) is 1.68. The van der Waals surface area contributed by atoms with E-state index >= 15 is 0 Å². The van der Waals surface area contributed by atoms with Crippen molar-refractivity contribution in [2.24, 2.45) is 0 Å². The van der Waals surface area contributed by atoms with Crippen LogP contribution in [0.1, 0.15) is 15.9 Å². The Morgan fingerprint density at radius 1 is 1.20 bits per heavy atom. The van der Waals surface area contributed by atoms with Crippen molar-refractivity contribution >= 4 is 23.5 Å². The molecule has 0 radical (unpaired) electrons. The van der Waals surface area contributed by atoms with Crippen LogP contribution in [0.25, 0.3) is 6.08 Å². The number of fused-ring (bicyclic) bond motifs is 1. The number of benzene rings is 2. The highest BCUT2D eigenvalue weighted by Gasteiger charge is 2.27. The highest BCUT2D eigenvalue weighted by molar-refractivity contribution is 6.30. The van der Waals surface area contributed by atoms with Crippen molar-refractivity contribution in [3.63, 3.8) is 0 Å². The Hall–Kier alpha value is -2.26. The number of rotatable bonds is 2. The zero-order chi connectivity index (χ0) is 14.1. The molecule has 3 rings (SSSR count). The molecule has 0 amide bonds. The average molecular weight is 287 g/mol. The van der Waals surface area contributed by atoms with Crippen molar-refractivity contribution in [2.45, 2.75) is 0 Å². The third-order valence-corrected chi connectivity index (χ3v) is 3.26. The van der Waals surface area contributed by atoms with Crippen LogP contribution in [0.15, 0.2) is 48.2 Å². The van der Waals surface area contributed by atoms with Gasteiger partial charge in [-0.3, -0.25) is 4.79 Å². The van der Waals surface area contributed by atoms with Crippen LogP contribution in [-0.2, 0) is 0 Å². The zero-order valence-electron chi connectivity index (χ0n) is 10.7. The maximum Gasteiger partial charge on any atom is 0.232 e. The van der Waals surface area contributed by atoms with Crippen molar-refractivity contribution in [1.29, 1.82) is 0 Å². The number of hydrogen-bond donors (Lipinski definition) is 0. The lowest BCUT2D eigenvalue weighted by Gasteiger charge is -2.00. The number of hydrogen-bond acceptors (Lipinski definition) is 3. The summed E-state index contributed by atoms with van der Waals surface area (Å²) in [5.41, 5.74) is 1.33. The second kappa shape index (κ2) is 5.02. The molecule has 0 unspecified atom stereocenters. The summed E-state index contributed by atoms with van der Waals surface area (Å²) < 4.78 is 10.7. The smallest absolute Gasteiger partial charge is 0.232 e. The van der Waals surface area contributed by atoms with E-state index < -0.39 is 0 Å². The van der Waals surface area contributed by atoms with Crippen LogP contribution >= 0.6 is 11.6 Å². The Labute approximate surface area is 121 Å². The molecular formula is C16H11ClO3. The van der Waals surface area contributed by atoms with Crippen LogP contribution in [0.4, 0.5) is 0 Å². The molecule has 3 nitrogen and oxygen atoms in total. The number of methoxy groups -OCH3 is 1. The fourth-order valence-electron chi connectivity index (χ4n) is 2.04. The molecule has 4 heteroatoms. The van der Waals surface area contributed by atoms with Gasteiger partial charge >= 0.3 is 0 Å². The molecule has 0 bridgehead atoms. The summed E-state index contributed by atoms with van der Waals surface area (Å²) >= 11 is 5.92. The van der Waals surface area contributed by atoms with E-state index in [4.69, 9.17) is 21.1 Å². The van der Waals surface area contributed by atoms with E-state index in [2.05, 4.69) is 0 Å². The molecule has 0 saturated carbocycles. The summed E-state index contributed by atoms with van der Waals surface area (Å²) in [7, 11) is 1.56. The molecule has 0 aliphatic carbocycles. The van der Waals surface area contributed by atoms with E-state index in [1.165, 1.54) is 0 Å². The van der Waals surface area contributed by atoms with Gasteiger partial charge in [-0.25, -0.2) is 0 Å². The topological polar surface area (TPSA) is 35.5 Å². The number of carbonyl (C=O) groups excluding carboxylic acids is 1. The Morgan fingerprint density at radius 2 is 2.05 bits per heavy atom. The first-order chi connectivity index (χ1) is 9.67. The maximum atomic E-state index is 12.3. The fourth-order valence-corrected chi connectivity index (χ4v) is 2.24. The normalized spacial score (nSPS) is 15.1. The van der Waals surface area contributed by atoms with Gasteiger partial charge in [0.15, 0.2) is 5.76 Å². The predicted molar refractivity (Wildman–Crippen MR) is 77.4 cm³/mol. The van der Waals surface area contributed by atoms with Crippen LogP contribution < -0.4 is 9.47 Å². The summed E-state index contributed by atoms with van der Waals surface area (Å²) in [6, 6.07) is 12.4. The number of allylic oxidation sites excluding steroid dienone is 1. The van der Waals surface area contributed by atoms with Gasteiger partial charge in [0.2, 0.25) is 5.78 Å². The molecule has 20 heavy (non-hydrogen) atoms. The number of carbonyl (C=O) groups is 1. The van der Waals surface area contributed by atoms with Crippen LogP contribution in [0.5, 0.6) is 11.5 Å². The second-order valence-electron chi connectivity index (χ2n) is 4.36. The molecule has 0 saturated heterocycles. The molecule has 0 fully saturated rings. The van der Waals surface area contributed by atoms with E-state index in [0.717, 1.165) is 5.56 Å². The Bertz CT molecular complexity index is 719. The first kappa shape index (κ1) is 12.8. The zero-order valence-corrected chi connectivity index (χ0v) is 11.5. The Balaban J connectivity index is 1.97. The highest BCUT2D eigenvalue weighted by atomic mass is 35.5. The molecular weight excluding hydrogens is 276 g/mol. The summed E-state index contributed by atoms with van der Waals surface area (Å²) in [5, 5.41) is 0.615. The number of Topliss-reactive ketones (excluding diaryl/α,β-unsaturated/α-hetero) is 1. The highest BCUT2D eigenvalue weighted by Crippen LogP contribution is 2.34. The van der Waals surface area contributed by atoms with Crippen molar-refractivity contribution in [1.82, 2.24) is 0 Å². The quantitative estimate of drug-likeness (QED) is 0.784. The molecule has 0 N–H and O–H groups in total. The minimum Gasteiger partial charge on any atom is -0.497 e. The molecule has 2 aromatic rings. The first-order valence-electron chi connectivity index (χ1n) is 6.05. The van der Waals surface area contributed by atoms with E-state index in [9.17, 15) is 4.79 Å². The number of ketones is 1. The first-order valence-corrected chi connectivity index (χ1v) is 6.43. The molecule has 2 aromatic carbocycles. The van der Waals surface area contributed by atoms with Gasteiger partial charge in [0, 0.05) is 5.02 Å². The molecule has 0 atom stereocenters.